The number of hydrogen-bond acceptors (Lipinski definition) is 5. The zero-order valence-electron chi connectivity index (χ0n) is 24.0. The minimum absolute atomic E-state index is 0.0960. The van der Waals surface area contributed by atoms with Gasteiger partial charge in [0.15, 0.2) is 0 Å². The average molecular weight is 639 g/mol. The maximum absolute atomic E-state index is 14.0. The first-order chi connectivity index (χ1) is 19.6. The van der Waals surface area contributed by atoms with Gasteiger partial charge in [0.1, 0.15) is 24.2 Å². The quantitative estimate of drug-likeness (QED) is 0.276. The Morgan fingerprint density at radius 3 is 2.17 bits per heavy atom. The number of anilines is 1. The Hall–Kier alpha value is -3.34. The van der Waals surface area contributed by atoms with Crippen LogP contribution in [-0.4, -0.2) is 49.9 Å². The van der Waals surface area contributed by atoms with Crippen LogP contribution in [0.1, 0.15) is 40.2 Å². The second-order valence-corrected chi connectivity index (χ2v) is 13.3. The van der Waals surface area contributed by atoms with Gasteiger partial charge in [0.2, 0.25) is 11.8 Å². The summed E-state index contributed by atoms with van der Waals surface area (Å²) in [4.78, 5) is 28.3. The maximum atomic E-state index is 14.0. The summed E-state index contributed by atoms with van der Waals surface area (Å²) in [6.45, 7) is 8.45. The summed E-state index contributed by atoms with van der Waals surface area (Å²) in [5.74, 6) is -1.20. The molecule has 0 spiro atoms. The molecule has 12 heteroatoms. The molecule has 0 radical (unpaired) electrons. The molecular weight excluding hydrogens is 604 g/mol. The third-order valence-electron chi connectivity index (χ3n) is 6.14. The standard InChI is InChI=1S/C30H34Cl2FN3O5S/c1-6-41-25-13-11-24(12-14-25)36(42(39,40)26-15-9-23(33)10-16-26)19-28(37)35(20(2)29(38)34-30(3,4)5)18-21-7-8-22(31)17-27(21)32/h7-17,20H,6,18-19H2,1-5H3,(H,34,38). The molecular formula is C30H34Cl2FN3O5S. The number of ether oxygens (including phenoxy) is 1. The maximum Gasteiger partial charge on any atom is 0.264 e. The van der Waals surface area contributed by atoms with Gasteiger partial charge in [0.25, 0.3) is 10.0 Å². The molecule has 0 aliphatic carbocycles. The Bertz CT molecular complexity index is 1510. The van der Waals surface area contributed by atoms with Crippen molar-refractivity contribution in [1.29, 1.82) is 0 Å². The number of halogens is 3. The van der Waals surface area contributed by atoms with Gasteiger partial charge in [0.05, 0.1) is 17.2 Å². The molecule has 3 aromatic carbocycles. The fraction of sp³-hybridized carbons (Fsp3) is 0.333. The molecule has 2 amide bonds. The van der Waals surface area contributed by atoms with Crippen LogP contribution in [0.25, 0.3) is 0 Å². The second kappa shape index (κ2) is 13.8. The normalized spacial score (nSPS) is 12.4. The molecule has 8 nitrogen and oxygen atoms in total. The smallest absolute Gasteiger partial charge is 0.264 e. The van der Waals surface area contributed by atoms with Crippen LogP contribution in [0.3, 0.4) is 0 Å². The van der Waals surface area contributed by atoms with E-state index >= 15 is 0 Å². The molecule has 0 heterocycles. The number of carbonyl (C=O) groups is 2. The predicted molar refractivity (Wildman–Crippen MR) is 163 cm³/mol. The summed E-state index contributed by atoms with van der Waals surface area (Å²) >= 11 is 12.5. The number of hydrogen-bond donors (Lipinski definition) is 1. The minimum atomic E-state index is -4.35. The largest absolute Gasteiger partial charge is 0.494 e. The molecule has 3 aromatic rings. The van der Waals surface area contributed by atoms with E-state index in [0.717, 1.165) is 28.6 Å². The third kappa shape index (κ3) is 8.59. The fourth-order valence-corrected chi connectivity index (χ4v) is 5.91. The van der Waals surface area contributed by atoms with Crippen molar-refractivity contribution in [1.82, 2.24) is 10.2 Å². The SMILES string of the molecule is CCOc1ccc(N(CC(=O)N(Cc2ccc(Cl)cc2Cl)C(C)C(=O)NC(C)(C)C)S(=O)(=O)c2ccc(F)cc2)cc1. The van der Waals surface area contributed by atoms with E-state index in [1.54, 1.807) is 31.2 Å². The number of amides is 2. The number of rotatable bonds is 11. The van der Waals surface area contributed by atoms with Gasteiger partial charge in [0, 0.05) is 22.1 Å². The van der Waals surface area contributed by atoms with Crippen LogP contribution in [0.15, 0.2) is 71.6 Å². The summed E-state index contributed by atoms with van der Waals surface area (Å²) in [5, 5.41) is 3.54. The summed E-state index contributed by atoms with van der Waals surface area (Å²) in [5.41, 5.74) is 0.101. The van der Waals surface area contributed by atoms with E-state index in [4.69, 9.17) is 27.9 Å². The average Bonchev–Trinajstić information content (AvgIpc) is 2.91. The van der Waals surface area contributed by atoms with Crippen LogP contribution in [0, 0.1) is 5.82 Å². The van der Waals surface area contributed by atoms with E-state index in [1.807, 2.05) is 27.7 Å². The Morgan fingerprint density at radius 2 is 1.62 bits per heavy atom. The topological polar surface area (TPSA) is 96.0 Å². The number of nitrogens with one attached hydrogen (secondary N) is 1. The summed E-state index contributed by atoms with van der Waals surface area (Å²) in [6, 6.07) is 14.3. The minimum Gasteiger partial charge on any atom is -0.494 e. The first-order valence-electron chi connectivity index (χ1n) is 13.2. The molecule has 226 valence electrons. The highest BCUT2D eigenvalue weighted by atomic mass is 35.5. The van der Waals surface area contributed by atoms with Gasteiger partial charge in [-0.25, -0.2) is 12.8 Å². The Morgan fingerprint density at radius 1 is 1.00 bits per heavy atom. The Labute approximate surface area is 256 Å². The number of sulfonamides is 1. The van der Waals surface area contributed by atoms with Crippen molar-refractivity contribution in [3.05, 3.63) is 88.2 Å². The number of carbonyl (C=O) groups excluding carboxylic acids is 2. The number of nitrogens with zero attached hydrogens (tertiary/aromatic N) is 2. The van der Waals surface area contributed by atoms with Crippen LogP contribution in [-0.2, 0) is 26.2 Å². The van der Waals surface area contributed by atoms with E-state index in [1.165, 1.54) is 23.1 Å². The van der Waals surface area contributed by atoms with Crippen LogP contribution in [0.2, 0.25) is 10.0 Å². The van der Waals surface area contributed by atoms with Gasteiger partial charge in [-0.05, 0) is 101 Å². The highest BCUT2D eigenvalue weighted by Crippen LogP contribution is 2.28. The molecule has 0 saturated heterocycles. The molecule has 1 atom stereocenters. The molecule has 1 unspecified atom stereocenters. The van der Waals surface area contributed by atoms with E-state index in [-0.39, 0.29) is 22.2 Å². The summed E-state index contributed by atoms with van der Waals surface area (Å²) in [6.07, 6.45) is 0. The number of benzene rings is 3. The monoisotopic (exact) mass is 637 g/mol. The summed E-state index contributed by atoms with van der Waals surface area (Å²) < 4.78 is 47.7. The van der Waals surface area contributed by atoms with E-state index in [9.17, 15) is 22.4 Å². The molecule has 3 rings (SSSR count). The van der Waals surface area contributed by atoms with Gasteiger partial charge in [-0.3, -0.25) is 13.9 Å². The molecule has 42 heavy (non-hydrogen) atoms. The van der Waals surface area contributed by atoms with E-state index in [2.05, 4.69) is 5.32 Å². The highest BCUT2D eigenvalue weighted by molar-refractivity contribution is 7.92. The second-order valence-electron chi connectivity index (χ2n) is 10.6. The van der Waals surface area contributed by atoms with Crippen LogP contribution in [0.4, 0.5) is 10.1 Å². The van der Waals surface area contributed by atoms with Gasteiger partial charge >= 0.3 is 0 Å². The lowest BCUT2D eigenvalue weighted by molar-refractivity contribution is -0.140. The Kier molecular flexibility index (Phi) is 10.9. The molecule has 0 fully saturated rings. The van der Waals surface area contributed by atoms with Crippen molar-refractivity contribution in [2.45, 2.75) is 57.6 Å². The summed E-state index contributed by atoms with van der Waals surface area (Å²) in [7, 11) is -4.35. The fourth-order valence-electron chi connectivity index (χ4n) is 4.03. The Balaban J connectivity index is 2.06. The van der Waals surface area contributed by atoms with Gasteiger partial charge in [-0.15, -0.1) is 0 Å². The van der Waals surface area contributed by atoms with Crippen LogP contribution in [0.5, 0.6) is 5.75 Å². The zero-order valence-corrected chi connectivity index (χ0v) is 26.4. The van der Waals surface area contributed by atoms with Crippen molar-refractivity contribution < 1.29 is 27.1 Å². The lowest BCUT2D eigenvalue weighted by Crippen LogP contribution is -2.54. The van der Waals surface area contributed by atoms with E-state index < -0.39 is 45.8 Å². The van der Waals surface area contributed by atoms with Crippen molar-refractivity contribution in [3.63, 3.8) is 0 Å². The van der Waals surface area contributed by atoms with Crippen molar-refractivity contribution in [3.8, 4) is 5.75 Å². The molecule has 0 bridgehead atoms. The first-order valence-corrected chi connectivity index (χ1v) is 15.4. The lowest BCUT2D eigenvalue weighted by atomic mass is 10.1. The van der Waals surface area contributed by atoms with Crippen molar-refractivity contribution >= 4 is 50.7 Å². The molecule has 1 N–H and O–H groups in total. The van der Waals surface area contributed by atoms with Gasteiger partial charge in [-0.1, -0.05) is 29.3 Å². The van der Waals surface area contributed by atoms with Crippen LogP contribution >= 0.6 is 23.2 Å². The lowest BCUT2D eigenvalue weighted by Gasteiger charge is -2.33. The molecule has 0 aliphatic heterocycles. The predicted octanol–water partition coefficient (Wildman–Crippen LogP) is 6.06. The van der Waals surface area contributed by atoms with Crippen LogP contribution < -0.4 is 14.4 Å². The molecule has 0 aliphatic rings. The van der Waals surface area contributed by atoms with E-state index in [0.29, 0.717) is 22.9 Å². The van der Waals surface area contributed by atoms with Crippen molar-refractivity contribution in [2.75, 3.05) is 17.5 Å². The molecule has 0 saturated carbocycles. The van der Waals surface area contributed by atoms with Crippen molar-refractivity contribution in [2.24, 2.45) is 0 Å². The molecule has 0 aromatic heterocycles. The first kappa shape index (κ1) is 33.2. The van der Waals surface area contributed by atoms with Gasteiger partial charge in [-0.2, -0.15) is 0 Å². The van der Waals surface area contributed by atoms with Gasteiger partial charge < -0.3 is 15.0 Å². The third-order valence-corrected chi connectivity index (χ3v) is 8.51. The highest BCUT2D eigenvalue weighted by Gasteiger charge is 2.33. The zero-order chi connectivity index (χ0) is 31.2.